The zero-order valence-electron chi connectivity index (χ0n) is 11.3. The van der Waals surface area contributed by atoms with Gasteiger partial charge in [0.2, 0.25) is 0 Å². The third kappa shape index (κ3) is 4.26. The Morgan fingerprint density at radius 2 is 1.86 bits per heavy atom. The van der Waals surface area contributed by atoms with E-state index < -0.39 is 5.91 Å². The van der Waals surface area contributed by atoms with Crippen LogP contribution in [0.3, 0.4) is 0 Å². The Kier molecular flexibility index (Phi) is 5.42. The molecule has 0 radical (unpaired) electrons. The Balaban J connectivity index is 2.10. The number of nitrogens with zero attached hydrogens (tertiary/aromatic N) is 1. The van der Waals surface area contributed by atoms with Gasteiger partial charge >= 0.3 is 0 Å². The minimum absolute atomic E-state index is 0.0742. The van der Waals surface area contributed by atoms with Gasteiger partial charge in [-0.05, 0) is 30.3 Å². The predicted molar refractivity (Wildman–Crippen MR) is 88.9 cm³/mol. The van der Waals surface area contributed by atoms with E-state index in [0.29, 0.717) is 15.7 Å². The van der Waals surface area contributed by atoms with Crippen LogP contribution < -0.4 is 10.6 Å². The number of amides is 1. The molecule has 0 saturated heterocycles. The molecule has 0 aromatic heterocycles. The number of rotatable bonds is 4. The fourth-order valence-electron chi connectivity index (χ4n) is 1.62. The van der Waals surface area contributed by atoms with Gasteiger partial charge in [0, 0.05) is 16.9 Å². The molecule has 0 aliphatic carbocycles. The van der Waals surface area contributed by atoms with Crippen LogP contribution in [0.15, 0.2) is 60.3 Å². The van der Waals surface area contributed by atoms with E-state index in [0.717, 1.165) is 5.69 Å². The lowest BCUT2D eigenvalue weighted by molar-refractivity contribution is -0.112. The molecule has 2 aromatic carbocycles. The Morgan fingerprint density at radius 3 is 2.50 bits per heavy atom. The number of anilines is 2. The lowest BCUT2D eigenvalue weighted by atomic mass is 10.2. The van der Waals surface area contributed by atoms with Crippen molar-refractivity contribution in [1.82, 2.24) is 0 Å². The van der Waals surface area contributed by atoms with Gasteiger partial charge in [-0.1, -0.05) is 41.4 Å². The van der Waals surface area contributed by atoms with Crippen LogP contribution in [0.2, 0.25) is 10.0 Å². The van der Waals surface area contributed by atoms with Gasteiger partial charge in [0.1, 0.15) is 11.6 Å². The van der Waals surface area contributed by atoms with E-state index >= 15 is 0 Å². The van der Waals surface area contributed by atoms with Gasteiger partial charge in [0.25, 0.3) is 5.91 Å². The van der Waals surface area contributed by atoms with Crippen molar-refractivity contribution in [3.63, 3.8) is 0 Å². The second-order valence-electron chi connectivity index (χ2n) is 4.26. The van der Waals surface area contributed by atoms with Crippen molar-refractivity contribution in [3.05, 3.63) is 70.3 Å². The monoisotopic (exact) mass is 331 g/mol. The summed E-state index contributed by atoms with van der Waals surface area (Å²) < 4.78 is 0. The Morgan fingerprint density at radius 1 is 1.14 bits per heavy atom. The van der Waals surface area contributed by atoms with Crippen molar-refractivity contribution < 1.29 is 4.79 Å². The van der Waals surface area contributed by atoms with E-state index in [4.69, 9.17) is 28.5 Å². The molecule has 0 aliphatic rings. The van der Waals surface area contributed by atoms with Gasteiger partial charge in [-0.25, -0.2) is 0 Å². The highest BCUT2D eigenvalue weighted by Crippen LogP contribution is 2.25. The molecule has 0 unspecified atom stereocenters. The number of nitriles is 1. The standard InChI is InChI=1S/C16H11Cl2N3O/c17-12-6-7-15(14(18)8-12)21-16(22)11(9-19)10-20-13-4-2-1-3-5-13/h1-8,10,20H,(H,21,22)/b11-10-. The van der Waals surface area contributed by atoms with E-state index in [2.05, 4.69) is 10.6 Å². The van der Waals surface area contributed by atoms with Crippen molar-refractivity contribution in [2.24, 2.45) is 0 Å². The van der Waals surface area contributed by atoms with Gasteiger partial charge in [-0.2, -0.15) is 5.26 Å². The highest BCUT2D eigenvalue weighted by molar-refractivity contribution is 6.36. The third-order valence-electron chi connectivity index (χ3n) is 2.70. The molecular formula is C16H11Cl2N3O. The van der Waals surface area contributed by atoms with Crippen LogP contribution in [0, 0.1) is 11.3 Å². The fourth-order valence-corrected chi connectivity index (χ4v) is 2.07. The molecule has 2 N–H and O–H groups in total. The number of carbonyl (C=O) groups excluding carboxylic acids is 1. The first-order valence-electron chi connectivity index (χ1n) is 6.28. The van der Waals surface area contributed by atoms with E-state index in [9.17, 15) is 4.79 Å². The van der Waals surface area contributed by atoms with Crippen LogP contribution in [0.25, 0.3) is 0 Å². The SMILES string of the molecule is N#C/C(=C/Nc1ccccc1)C(=O)Nc1ccc(Cl)cc1Cl. The van der Waals surface area contributed by atoms with Crippen molar-refractivity contribution in [2.75, 3.05) is 10.6 Å². The van der Waals surface area contributed by atoms with Gasteiger partial charge in [-0.3, -0.25) is 4.79 Å². The summed E-state index contributed by atoms with van der Waals surface area (Å²) in [6, 6.07) is 15.7. The molecule has 2 aromatic rings. The lowest BCUT2D eigenvalue weighted by Crippen LogP contribution is -2.14. The van der Waals surface area contributed by atoms with Gasteiger partial charge < -0.3 is 10.6 Å². The molecular weight excluding hydrogens is 321 g/mol. The molecule has 0 atom stereocenters. The highest BCUT2D eigenvalue weighted by Gasteiger charge is 2.11. The summed E-state index contributed by atoms with van der Waals surface area (Å²) >= 11 is 11.8. The predicted octanol–water partition coefficient (Wildman–Crippen LogP) is 4.45. The summed E-state index contributed by atoms with van der Waals surface area (Å²) in [5, 5.41) is 15.3. The maximum atomic E-state index is 12.1. The molecule has 6 heteroatoms. The summed E-state index contributed by atoms with van der Waals surface area (Å²) in [6.45, 7) is 0. The quantitative estimate of drug-likeness (QED) is 0.642. The molecule has 110 valence electrons. The largest absolute Gasteiger partial charge is 0.360 e. The average molecular weight is 332 g/mol. The molecule has 0 heterocycles. The van der Waals surface area contributed by atoms with E-state index in [1.807, 2.05) is 36.4 Å². The average Bonchev–Trinajstić information content (AvgIpc) is 2.52. The smallest absolute Gasteiger partial charge is 0.267 e. The van der Waals surface area contributed by atoms with Crippen molar-refractivity contribution in [2.45, 2.75) is 0 Å². The Bertz CT molecular complexity index is 752. The number of nitrogens with one attached hydrogen (secondary N) is 2. The van der Waals surface area contributed by atoms with Crippen LogP contribution in [0.1, 0.15) is 0 Å². The molecule has 0 fully saturated rings. The van der Waals surface area contributed by atoms with Crippen LogP contribution in [0.4, 0.5) is 11.4 Å². The first-order chi connectivity index (χ1) is 10.6. The van der Waals surface area contributed by atoms with Crippen LogP contribution in [-0.2, 0) is 4.79 Å². The summed E-state index contributed by atoms with van der Waals surface area (Å²) in [6.07, 6.45) is 1.34. The molecule has 2 rings (SSSR count). The first-order valence-corrected chi connectivity index (χ1v) is 7.04. The van der Waals surface area contributed by atoms with Crippen molar-refractivity contribution >= 4 is 40.5 Å². The first kappa shape index (κ1) is 15.9. The van der Waals surface area contributed by atoms with Crippen molar-refractivity contribution in [3.8, 4) is 6.07 Å². The second kappa shape index (κ2) is 7.51. The fraction of sp³-hybridized carbons (Fsp3) is 0. The lowest BCUT2D eigenvalue weighted by Gasteiger charge is -2.07. The summed E-state index contributed by atoms with van der Waals surface area (Å²) in [7, 11) is 0. The molecule has 1 amide bonds. The third-order valence-corrected chi connectivity index (χ3v) is 3.25. The molecule has 0 spiro atoms. The van der Waals surface area contributed by atoms with Gasteiger partial charge in [0.05, 0.1) is 10.7 Å². The molecule has 4 nitrogen and oxygen atoms in total. The topological polar surface area (TPSA) is 64.9 Å². The van der Waals surface area contributed by atoms with Gasteiger partial charge in [0.15, 0.2) is 0 Å². The minimum atomic E-state index is -0.560. The van der Waals surface area contributed by atoms with Gasteiger partial charge in [-0.15, -0.1) is 0 Å². The van der Waals surface area contributed by atoms with Crippen LogP contribution in [-0.4, -0.2) is 5.91 Å². The zero-order valence-corrected chi connectivity index (χ0v) is 12.8. The van der Waals surface area contributed by atoms with Crippen LogP contribution in [0.5, 0.6) is 0 Å². The summed E-state index contributed by atoms with van der Waals surface area (Å²) in [5.41, 5.74) is 1.08. The maximum absolute atomic E-state index is 12.1. The number of benzene rings is 2. The summed E-state index contributed by atoms with van der Waals surface area (Å²) in [5.74, 6) is -0.560. The molecule has 0 aliphatic heterocycles. The molecule has 0 saturated carbocycles. The van der Waals surface area contributed by atoms with Crippen molar-refractivity contribution in [1.29, 1.82) is 5.26 Å². The number of para-hydroxylation sites is 1. The number of hydrogen-bond acceptors (Lipinski definition) is 3. The molecule has 22 heavy (non-hydrogen) atoms. The maximum Gasteiger partial charge on any atom is 0.267 e. The number of halogens is 2. The number of hydrogen-bond donors (Lipinski definition) is 2. The summed E-state index contributed by atoms with van der Waals surface area (Å²) in [4.78, 5) is 12.1. The Hall–Kier alpha value is -2.48. The second-order valence-corrected chi connectivity index (χ2v) is 5.10. The van der Waals surface area contributed by atoms with Crippen LogP contribution >= 0.6 is 23.2 Å². The zero-order chi connectivity index (χ0) is 15.9. The number of carbonyl (C=O) groups is 1. The normalized spacial score (nSPS) is 10.7. The Labute approximate surface area is 138 Å². The highest BCUT2D eigenvalue weighted by atomic mass is 35.5. The van der Waals surface area contributed by atoms with E-state index in [1.165, 1.54) is 12.3 Å². The minimum Gasteiger partial charge on any atom is -0.360 e. The molecule has 0 bridgehead atoms. The van der Waals surface area contributed by atoms with E-state index in [1.54, 1.807) is 12.1 Å². The van der Waals surface area contributed by atoms with E-state index in [-0.39, 0.29) is 5.57 Å².